The van der Waals surface area contributed by atoms with Crippen molar-refractivity contribution in [2.45, 2.75) is 38.0 Å². The van der Waals surface area contributed by atoms with Crippen LogP contribution in [0.15, 0.2) is 42.7 Å². The summed E-state index contributed by atoms with van der Waals surface area (Å²) in [5, 5.41) is 0. The molecule has 26 heavy (non-hydrogen) atoms. The van der Waals surface area contributed by atoms with Gasteiger partial charge in [0.25, 0.3) is 5.91 Å². The van der Waals surface area contributed by atoms with E-state index >= 15 is 0 Å². The summed E-state index contributed by atoms with van der Waals surface area (Å²) in [6.07, 6.45) is 7.83. The Balaban J connectivity index is 1.55. The van der Waals surface area contributed by atoms with E-state index in [0.717, 1.165) is 57.7 Å². The zero-order valence-corrected chi connectivity index (χ0v) is 15.4. The Bertz CT molecular complexity index is 773. The van der Waals surface area contributed by atoms with Gasteiger partial charge in [-0.2, -0.15) is 0 Å². The van der Waals surface area contributed by atoms with E-state index in [1.165, 1.54) is 5.56 Å². The Morgan fingerprint density at radius 1 is 1.04 bits per heavy atom. The largest absolute Gasteiger partial charge is 0.354 e. The first-order valence-electron chi connectivity index (χ1n) is 9.58. The molecule has 2 saturated heterocycles. The lowest BCUT2D eigenvalue weighted by molar-refractivity contribution is 0.0786. The van der Waals surface area contributed by atoms with Crippen molar-refractivity contribution in [3.8, 4) is 0 Å². The van der Waals surface area contributed by atoms with Gasteiger partial charge >= 0.3 is 0 Å². The minimum atomic E-state index is 0.0136. The first-order valence-corrected chi connectivity index (χ1v) is 9.58. The van der Waals surface area contributed by atoms with Crippen molar-refractivity contribution in [2.75, 3.05) is 31.1 Å². The summed E-state index contributed by atoms with van der Waals surface area (Å²) in [6, 6.07) is 10.7. The number of aromatic nitrogens is 2. The first kappa shape index (κ1) is 17.0. The van der Waals surface area contributed by atoms with E-state index in [-0.39, 0.29) is 11.3 Å². The highest BCUT2D eigenvalue weighted by Gasteiger charge is 2.33. The van der Waals surface area contributed by atoms with E-state index < -0.39 is 0 Å². The number of amides is 1. The third-order valence-corrected chi connectivity index (χ3v) is 5.73. The fraction of sp³-hybridized carbons (Fsp3) is 0.476. The molecule has 1 aromatic heterocycles. The highest BCUT2D eigenvalue weighted by molar-refractivity contribution is 5.92. The molecule has 0 N–H and O–H groups in total. The van der Waals surface area contributed by atoms with Crippen LogP contribution in [-0.4, -0.2) is 47.0 Å². The molecule has 0 radical (unpaired) electrons. The lowest BCUT2D eigenvalue weighted by atomic mass is 9.76. The van der Waals surface area contributed by atoms with Gasteiger partial charge in [0.2, 0.25) is 0 Å². The lowest BCUT2D eigenvalue weighted by Gasteiger charge is -2.41. The molecule has 5 nitrogen and oxygen atoms in total. The number of benzene rings is 1. The van der Waals surface area contributed by atoms with Gasteiger partial charge in [0, 0.05) is 31.6 Å². The Labute approximate surface area is 155 Å². The van der Waals surface area contributed by atoms with Crippen molar-refractivity contribution in [1.29, 1.82) is 0 Å². The molecule has 5 heteroatoms. The molecule has 136 valence electrons. The molecule has 0 bridgehead atoms. The predicted octanol–water partition coefficient (Wildman–Crippen LogP) is 3.27. The molecular formula is C21H26N4O. The number of rotatable bonds is 3. The number of hydrogen-bond acceptors (Lipinski definition) is 4. The van der Waals surface area contributed by atoms with E-state index in [9.17, 15) is 4.79 Å². The molecule has 2 aromatic rings. The van der Waals surface area contributed by atoms with E-state index in [1.807, 2.05) is 4.90 Å². The molecule has 1 atom stereocenters. The summed E-state index contributed by atoms with van der Waals surface area (Å²) in [4.78, 5) is 25.8. The van der Waals surface area contributed by atoms with Crippen molar-refractivity contribution in [3.63, 3.8) is 0 Å². The fourth-order valence-corrected chi connectivity index (χ4v) is 4.20. The molecule has 1 aromatic carbocycles. The molecule has 0 spiro atoms. The minimum Gasteiger partial charge on any atom is -0.354 e. The summed E-state index contributed by atoms with van der Waals surface area (Å²) >= 11 is 0. The number of likely N-dealkylation sites (tertiary alicyclic amines) is 1. The van der Waals surface area contributed by atoms with Gasteiger partial charge in [-0.3, -0.25) is 9.78 Å². The van der Waals surface area contributed by atoms with Gasteiger partial charge < -0.3 is 9.80 Å². The van der Waals surface area contributed by atoms with Gasteiger partial charge in [-0.15, -0.1) is 0 Å². The zero-order chi connectivity index (χ0) is 18.0. The summed E-state index contributed by atoms with van der Waals surface area (Å²) in [5.41, 5.74) is 1.93. The van der Waals surface area contributed by atoms with Crippen LogP contribution in [0.25, 0.3) is 0 Å². The van der Waals surface area contributed by atoms with E-state index in [1.54, 1.807) is 12.4 Å². The Kier molecular flexibility index (Phi) is 4.62. The molecule has 2 aliphatic rings. The molecule has 2 fully saturated rings. The standard InChI is InChI=1S/C21H26N4O/c1-21(17-8-3-2-4-9-17)10-7-13-25(16-21)19-15-22-14-18(23-19)20(26)24-11-5-6-12-24/h2-4,8-9,14-15H,5-7,10-13,16H2,1H3/t21-/m0/s1. The van der Waals surface area contributed by atoms with Crippen LogP contribution in [0, 0.1) is 0 Å². The third kappa shape index (κ3) is 3.30. The van der Waals surface area contributed by atoms with Crippen LogP contribution < -0.4 is 4.90 Å². The number of nitrogens with zero attached hydrogens (tertiary/aromatic N) is 4. The van der Waals surface area contributed by atoms with Crippen molar-refractivity contribution in [3.05, 3.63) is 54.0 Å². The average Bonchev–Trinajstić information content (AvgIpc) is 3.23. The summed E-state index contributed by atoms with van der Waals surface area (Å²) in [6.45, 7) is 5.84. The van der Waals surface area contributed by atoms with E-state index in [2.05, 4.69) is 52.1 Å². The van der Waals surface area contributed by atoms with Gasteiger partial charge in [0.15, 0.2) is 0 Å². The second-order valence-corrected chi connectivity index (χ2v) is 7.71. The van der Waals surface area contributed by atoms with Crippen molar-refractivity contribution >= 4 is 11.7 Å². The molecule has 0 unspecified atom stereocenters. The maximum absolute atomic E-state index is 12.6. The van der Waals surface area contributed by atoms with Crippen molar-refractivity contribution in [2.24, 2.45) is 0 Å². The maximum atomic E-state index is 12.6. The minimum absolute atomic E-state index is 0.0136. The average molecular weight is 350 g/mol. The third-order valence-electron chi connectivity index (χ3n) is 5.73. The van der Waals surface area contributed by atoms with Crippen LogP contribution in [0.2, 0.25) is 0 Å². The second-order valence-electron chi connectivity index (χ2n) is 7.71. The van der Waals surface area contributed by atoms with Crippen LogP contribution in [0.4, 0.5) is 5.82 Å². The molecule has 3 heterocycles. The molecular weight excluding hydrogens is 324 g/mol. The highest BCUT2D eigenvalue weighted by atomic mass is 16.2. The van der Waals surface area contributed by atoms with E-state index in [0.29, 0.717) is 5.69 Å². The molecule has 0 aliphatic carbocycles. The Morgan fingerprint density at radius 2 is 1.81 bits per heavy atom. The molecule has 1 amide bonds. The van der Waals surface area contributed by atoms with Gasteiger partial charge in [-0.25, -0.2) is 4.98 Å². The summed E-state index contributed by atoms with van der Waals surface area (Å²) in [7, 11) is 0. The van der Waals surface area contributed by atoms with E-state index in [4.69, 9.17) is 0 Å². The first-order chi connectivity index (χ1) is 12.7. The van der Waals surface area contributed by atoms with Gasteiger partial charge in [0.1, 0.15) is 11.5 Å². The van der Waals surface area contributed by atoms with Gasteiger partial charge in [0.05, 0.1) is 12.4 Å². The number of carbonyl (C=O) groups excluding carboxylic acids is 1. The van der Waals surface area contributed by atoms with Crippen molar-refractivity contribution < 1.29 is 4.79 Å². The smallest absolute Gasteiger partial charge is 0.274 e. The SMILES string of the molecule is C[C@]1(c2ccccc2)CCCN(c2cncc(C(=O)N3CCCC3)n2)C1. The predicted molar refractivity (Wildman–Crippen MR) is 102 cm³/mol. The highest BCUT2D eigenvalue weighted by Crippen LogP contribution is 2.35. The van der Waals surface area contributed by atoms with Crippen LogP contribution >= 0.6 is 0 Å². The maximum Gasteiger partial charge on any atom is 0.274 e. The van der Waals surface area contributed by atoms with Crippen LogP contribution in [0.3, 0.4) is 0 Å². The number of anilines is 1. The topological polar surface area (TPSA) is 49.3 Å². The number of hydrogen-bond donors (Lipinski definition) is 0. The fourth-order valence-electron chi connectivity index (χ4n) is 4.20. The second kappa shape index (κ2) is 7.06. The Morgan fingerprint density at radius 3 is 2.58 bits per heavy atom. The van der Waals surface area contributed by atoms with Crippen molar-refractivity contribution in [1.82, 2.24) is 14.9 Å². The van der Waals surface area contributed by atoms with Crippen LogP contribution in [0.1, 0.15) is 48.7 Å². The molecule has 4 rings (SSSR count). The monoisotopic (exact) mass is 350 g/mol. The lowest BCUT2D eigenvalue weighted by Crippen LogP contribution is -2.45. The quantitative estimate of drug-likeness (QED) is 0.852. The summed E-state index contributed by atoms with van der Waals surface area (Å²) < 4.78 is 0. The molecule has 2 aliphatic heterocycles. The summed E-state index contributed by atoms with van der Waals surface area (Å²) in [5.74, 6) is 0.830. The van der Waals surface area contributed by atoms with Crippen LogP contribution in [-0.2, 0) is 5.41 Å². The van der Waals surface area contributed by atoms with Gasteiger partial charge in [-0.1, -0.05) is 37.3 Å². The Hall–Kier alpha value is -2.43. The number of piperidine rings is 1. The molecule has 0 saturated carbocycles. The number of carbonyl (C=O) groups is 1. The normalized spacial score (nSPS) is 23.3. The van der Waals surface area contributed by atoms with Crippen LogP contribution in [0.5, 0.6) is 0 Å². The van der Waals surface area contributed by atoms with Gasteiger partial charge in [-0.05, 0) is 31.2 Å². The zero-order valence-electron chi connectivity index (χ0n) is 15.4.